The van der Waals surface area contributed by atoms with Gasteiger partial charge in [0, 0.05) is 31.1 Å². The van der Waals surface area contributed by atoms with Crippen LogP contribution in [0, 0.1) is 5.92 Å². The number of hydrogen-bond donors (Lipinski definition) is 2. The van der Waals surface area contributed by atoms with E-state index in [1.165, 1.54) is 4.57 Å². The molecule has 1 aromatic carbocycles. The number of fused-ring (bicyclic) bond motifs is 1. The van der Waals surface area contributed by atoms with Gasteiger partial charge in [0.2, 0.25) is 5.91 Å². The summed E-state index contributed by atoms with van der Waals surface area (Å²) in [5, 5.41) is 2.87. The third kappa shape index (κ3) is 4.16. The van der Waals surface area contributed by atoms with Gasteiger partial charge in [0.05, 0.1) is 23.8 Å². The van der Waals surface area contributed by atoms with Gasteiger partial charge in [-0.25, -0.2) is 0 Å². The van der Waals surface area contributed by atoms with E-state index in [2.05, 4.69) is 10.3 Å². The highest BCUT2D eigenvalue weighted by atomic mass is 16.3. The molecule has 0 spiro atoms. The van der Waals surface area contributed by atoms with Crippen LogP contribution < -0.4 is 16.4 Å². The molecule has 3 aromatic rings. The van der Waals surface area contributed by atoms with E-state index in [1.807, 2.05) is 0 Å². The van der Waals surface area contributed by atoms with Gasteiger partial charge in [-0.2, -0.15) is 0 Å². The average molecular weight is 424 g/mol. The number of aromatic amines is 1. The van der Waals surface area contributed by atoms with Crippen LogP contribution in [-0.4, -0.2) is 39.4 Å². The number of rotatable bonds is 5. The summed E-state index contributed by atoms with van der Waals surface area (Å²) >= 11 is 0. The minimum Gasteiger partial charge on any atom is -0.467 e. The van der Waals surface area contributed by atoms with Crippen LogP contribution >= 0.6 is 0 Å². The molecule has 9 nitrogen and oxygen atoms in total. The average Bonchev–Trinajstić information content (AvgIpc) is 3.31. The molecule has 3 heterocycles. The predicted octanol–water partition coefficient (Wildman–Crippen LogP) is 1.47. The van der Waals surface area contributed by atoms with Crippen molar-refractivity contribution in [3.8, 4) is 0 Å². The lowest BCUT2D eigenvalue weighted by molar-refractivity contribution is -0.126. The topological polar surface area (TPSA) is 117 Å². The lowest BCUT2D eigenvalue weighted by Gasteiger charge is -2.31. The summed E-state index contributed by atoms with van der Waals surface area (Å²) in [5.74, 6) is 0.352. The summed E-state index contributed by atoms with van der Waals surface area (Å²) in [6, 6.07) is 8.52. The quantitative estimate of drug-likeness (QED) is 0.602. The van der Waals surface area contributed by atoms with Crippen molar-refractivity contribution in [2.24, 2.45) is 5.92 Å². The van der Waals surface area contributed by atoms with E-state index in [1.54, 1.807) is 48.4 Å². The van der Waals surface area contributed by atoms with E-state index in [-0.39, 0.29) is 17.7 Å². The molecule has 1 aliphatic rings. The Kier molecular flexibility index (Phi) is 5.75. The first kappa shape index (κ1) is 20.6. The molecule has 1 fully saturated rings. The number of aromatic nitrogens is 2. The van der Waals surface area contributed by atoms with Crippen molar-refractivity contribution >= 4 is 22.8 Å². The Morgan fingerprint density at radius 2 is 1.97 bits per heavy atom. The fourth-order valence-electron chi connectivity index (χ4n) is 3.99. The van der Waals surface area contributed by atoms with Gasteiger partial charge in [0.25, 0.3) is 5.91 Å². The van der Waals surface area contributed by atoms with Gasteiger partial charge in [-0.05, 0) is 50.1 Å². The van der Waals surface area contributed by atoms with Gasteiger partial charge in [-0.15, -0.1) is 0 Å². The van der Waals surface area contributed by atoms with Crippen LogP contribution in [-0.2, 0) is 17.9 Å². The van der Waals surface area contributed by atoms with Crippen molar-refractivity contribution in [3.05, 3.63) is 68.6 Å². The first-order valence-electron chi connectivity index (χ1n) is 10.3. The van der Waals surface area contributed by atoms with Crippen LogP contribution in [0.2, 0.25) is 0 Å². The number of carbonyl (C=O) groups is 2. The molecule has 0 aliphatic carbocycles. The maximum atomic E-state index is 13.0. The number of hydrogen-bond acceptors (Lipinski definition) is 5. The van der Waals surface area contributed by atoms with E-state index >= 15 is 0 Å². The lowest BCUT2D eigenvalue weighted by atomic mass is 9.95. The predicted molar refractivity (Wildman–Crippen MR) is 114 cm³/mol. The highest BCUT2D eigenvalue weighted by Crippen LogP contribution is 2.21. The Hall–Kier alpha value is -3.62. The van der Waals surface area contributed by atoms with E-state index in [4.69, 9.17) is 4.42 Å². The second-order valence-electron chi connectivity index (χ2n) is 7.60. The monoisotopic (exact) mass is 424 g/mol. The number of likely N-dealkylation sites (tertiary alicyclic amines) is 1. The molecule has 0 saturated carbocycles. The number of amides is 2. The summed E-state index contributed by atoms with van der Waals surface area (Å²) < 4.78 is 6.60. The highest BCUT2D eigenvalue weighted by Gasteiger charge is 2.28. The number of nitrogens with zero attached hydrogens (tertiary/aromatic N) is 2. The molecule has 9 heteroatoms. The Morgan fingerprint density at radius 3 is 2.65 bits per heavy atom. The van der Waals surface area contributed by atoms with Crippen molar-refractivity contribution in [2.45, 2.75) is 32.9 Å². The minimum atomic E-state index is -0.708. The van der Waals surface area contributed by atoms with E-state index in [9.17, 15) is 19.2 Å². The lowest BCUT2D eigenvalue weighted by Crippen LogP contribution is -2.43. The Bertz CT molecular complexity index is 1220. The maximum Gasteiger partial charge on any atom is 0.316 e. The van der Waals surface area contributed by atoms with Crippen molar-refractivity contribution in [2.75, 3.05) is 13.1 Å². The van der Waals surface area contributed by atoms with Crippen molar-refractivity contribution < 1.29 is 14.0 Å². The Morgan fingerprint density at radius 1 is 1.19 bits per heavy atom. The summed E-state index contributed by atoms with van der Waals surface area (Å²) in [5.41, 5.74) is 0.145. The van der Waals surface area contributed by atoms with Gasteiger partial charge in [-0.1, -0.05) is 0 Å². The van der Waals surface area contributed by atoms with Crippen LogP contribution in [0.1, 0.15) is 35.9 Å². The van der Waals surface area contributed by atoms with Crippen LogP contribution in [0.4, 0.5) is 0 Å². The maximum absolute atomic E-state index is 13.0. The van der Waals surface area contributed by atoms with Crippen molar-refractivity contribution in [1.82, 2.24) is 19.8 Å². The fourth-order valence-corrected chi connectivity index (χ4v) is 3.99. The molecular formula is C22H24N4O5. The third-order valence-electron chi connectivity index (χ3n) is 5.71. The molecule has 2 N–H and O–H groups in total. The number of aryl methyl sites for hydroxylation is 1. The number of carbonyl (C=O) groups excluding carboxylic acids is 2. The second kappa shape index (κ2) is 8.63. The fraction of sp³-hybridized carbons (Fsp3) is 0.364. The number of H-pyrrole nitrogens is 1. The molecular weight excluding hydrogens is 400 g/mol. The number of benzene rings is 1. The smallest absolute Gasteiger partial charge is 0.316 e. The van der Waals surface area contributed by atoms with Gasteiger partial charge >= 0.3 is 11.1 Å². The second-order valence-corrected chi connectivity index (χ2v) is 7.60. The van der Waals surface area contributed by atoms with Gasteiger partial charge in [-0.3, -0.25) is 19.2 Å². The first-order valence-corrected chi connectivity index (χ1v) is 10.3. The van der Waals surface area contributed by atoms with E-state index < -0.39 is 11.1 Å². The Labute approximate surface area is 177 Å². The summed E-state index contributed by atoms with van der Waals surface area (Å²) in [6.07, 6.45) is 2.72. The summed E-state index contributed by atoms with van der Waals surface area (Å²) in [4.78, 5) is 53.5. The largest absolute Gasteiger partial charge is 0.467 e. The zero-order valence-corrected chi connectivity index (χ0v) is 17.2. The van der Waals surface area contributed by atoms with Gasteiger partial charge in [0.15, 0.2) is 0 Å². The molecule has 0 bridgehead atoms. The first-order chi connectivity index (χ1) is 15.0. The normalized spacial score (nSPS) is 14.7. The molecule has 2 amide bonds. The van der Waals surface area contributed by atoms with Crippen LogP contribution in [0.25, 0.3) is 11.0 Å². The molecule has 2 aromatic heterocycles. The van der Waals surface area contributed by atoms with Crippen LogP contribution in [0.5, 0.6) is 0 Å². The molecule has 0 atom stereocenters. The van der Waals surface area contributed by atoms with E-state index in [0.29, 0.717) is 61.4 Å². The third-order valence-corrected chi connectivity index (χ3v) is 5.71. The molecule has 31 heavy (non-hydrogen) atoms. The molecule has 4 rings (SSSR count). The van der Waals surface area contributed by atoms with Crippen LogP contribution in [0.15, 0.2) is 50.6 Å². The van der Waals surface area contributed by atoms with Crippen molar-refractivity contribution in [1.29, 1.82) is 0 Å². The van der Waals surface area contributed by atoms with Crippen LogP contribution in [0.3, 0.4) is 0 Å². The number of nitrogens with one attached hydrogen (secondary N) is 2. The zero-order chi connectivity index (χ0) is 22.0. The molecule has 1 saturated heterocycles. The van der Waals surface area contributed by atoms with Gasteiger partial charge < -0.3 is 24.2 Å². The molecule has 0 radical (unpaired) electrons. The minimum absolute atomic E-state index is 0.0377. The number of piperidine rings is 1. The molecule has 1 aliphatic heterocycles. The van der Waals surface area contributed by atoms with Gasteiger partial charge in [0.1, 0.15) is 5.76 Å². The standard InChI is InChI=1S/C22H24N4O5/c1-2-26-18-6-5-15(12-17(18)24-20(28)22(26)30)21(29)25-9-7-14(8-10-25)19(27)23-13-16-4-3-11-31-16/h3-6,11-12,14H,2,7-10,13H2,1H3,(H,23,27)(H,24,28). The summed E-state index contributed by atoms with van der Waals surface area (Å²) in [6.45, 7) is 3.45. The Balaban J connectivity index is 1.42. The zero-order valence-electron chi connectivity index (χ0n) is 17.2. The van der Waals surface area contributed by atoms with E-state index in [0.717, 1.165) is 0 Å². The molecule has 0 unspecified atom stereocenters. The highest BCUT2D eigenvalue weighted by molar-refractivity contribution is 5.97. The van der Waals surface area contributed by atoms with Crippen molar-refractivity contribution in [3.63, 3.8) is 0 Å². The molecule has 162 valence electrons. The number of furan rings is 1. The summed E-state index contributed by atoms with van der Waals surface area (Å²) in [7, 11) is 0. The SMILES string of the molecule is CCn1c(=O)c(=O)[nH]c2cc(C(=O)N3CCC(C(=O)NCc4ccco4)CC3)ccc21.